The first-order chi connectivity index (χ1) is 45.2. The maximum absolute atomic E-state index is 16.6. The first kappa shape index (κ1) is 55.0. The fraction of sp³-hybridized carbons (Fsp3) is 0.0122. The lowest BCUT2D eigenvalue weighted by atomic mass is 9.95. The van der Waals surface area contributed by atoms with E-state index in [0.29, 0.717) is 16.7 Å². The van der Waals surface area contributed by atoms with E-state index in [2.05, 4.69) is 108 Å². The summed E-state index contributed by atoms with van der Waals surface area (Å²) in [6.45, 7) is 0. The summed E-state index contributed by atoms with van der Waals surface area (Å²) in [5.41, 5.74) is 17.4. The van der Waals surface area contributed by atoms with Gasteiger partial charge >= 0.3 is 6.18 Å². The van der Waals surface area contributed by atoms with Crippen LogP contribution in [-0.2, 0) is 6.18 Å². The van der Waals surface area contributed by atoms with E-state index in [0.717, 1.165) is 122 Å². The van der Waals surface area contributed by atoms with Crippen LogP contribution in [-0.4, -0.2) is 29.1 Å². The van der Waals surface area contributed by atoms with Gasteiger partial charge in [-0.05, 0) is 130 Å². The van der Waals surface area contributed by atoms with Gasteiger partial charge in [0.05, 0.1) is 73.4 Å². The molecule has 16 rings (SSSR count). The predicted octanol–water partition coefficient (Wildman–Crippen LogP) is 21.4. The lowest BCUT2D eigenvalue weighted by Gasteiger charge is -2.22. The Bertz CT molecular complexity index is 5300. The van der Waals surface area contributed by atoms with Gasteiger partial charge < -0.3 is 9.13 Å². The van der Waals surface area contributed by atoms with Gasteiger partial charge in [-0.3, -0.25) is 19.9 Å². The van der Waals surface area contributed by atoms with E-state index in [-0.39, 0.29) is 22.4 Å². The summed E-state index contributed by atoms with van der Waals surface area (Å²) in [5.74, 6) is 0. The van der Waals surface area contributed by atoms with E-state index >= 15 is 13.2 Å². The monoisotopic (exact) mass is 1190 g/mol. The molecule has 0 amide bonds. The molecular formula is C82H50F3N7. The second-order valence-electron chi connectivity index (χ2n) is 22.7. The topological polar surface area (TPSA) is 85.2 Å². The van der Waals surface area contributed by atoms with Crippen LogP contribution in [0.15, 0.2) is 304 Å². The fourth-order valence-electron chi connectivity index (χ4n) is 13.3. The van der Waals surface area contributed by atoms with Crippen LogP contribution in [0.25, 0.3) is 156 Å². The van der Waals surface area contributed by atoms with Crippen LogP contribution in [0.4, 0.5) is 13.2 Å². The second kappa shape index (κ2) is 22.7. The number of pyridine rings is 4. The van der Waals surface area contributed by atoms with Gasteiger partial charge in [-0.15, -0.1) is 0 Å². The molecule has 10 aromatic carbocycles. The van der Waals surface area contributed by atoms with E-state index < -0.39 is 11.7 Å². The van der Waals surface area contributed by atoms with Crippen LogP contribution in [0.3, 0.4) is 0 Å². The molecule has 434 valence electrons. The van der Waals surface area contributed by atoms with E-state index in [9.17, 15) is 5.26 Å². The Kier molecular flexibility index (Phi) is 13.6. The zero-order chi connectivity index (χ0) is 61.9. The summed E-state index contributed by atoms with van der Waals surface area (Å²) in [4.78, 5) is 19.7. The van der Waals surface area contributed by atoms with Crippen molar-refractivity contribution in [1.29, 1.82) is 5.26 Å². The molecule has 0 N–H and O–H groups in total. The van der Waals surface area contributed by atoms with Crippen LogP contribution in [0.5, 0.6) is 0 Å². The molecule has 6 aromatic heterocycles. The standard InChI is InChI=1S/C82H50F3N7/c83-82(84,85)71-50-77(92-74-38-34-60(64-30-16-42-89-80(64)55-23-9-3-10-24-55)47-69(74)70-48-61(35-39-75(70)92)65-31-17-43-90-81(65)56-25-11-4-12-26-56)76(49-66(71)57-27-13-18-52(44-57)51-86)91-72-36-32-58(62-28-14-40-87-78(62)53-19-5-1-6-20-53)45-67(72)68-46-59(33-37-73(68)91)63-29-15-41-88-79(63)54-21-7-2-8-22-54/h1-50H. The molecule has 7 nitrogen and oxygen atoms in total. The highest BCUT2D eigenvalue weighted by Gasteiger charge is 2.36. The van der Waals surface area contributed by atoms with Crippen LogP contribution < -0.4 is 0 Å². The molecule has 92 heavy (non-hydrogen) atoms. The largest absolute Gasteiger partial charge is 0.417 e. The van der Waals surface area contributed by atoms with Gasteiger partial charge in [0.1, 0.15) is 0 Å². The summed E-state index contributed by atoms with van der Waals surface area (Å²) >= 11 is 0. The number of fused-ring (bicyclic) bond motifs is 6. The molecule has 0 aliphatic rings. The number of nitriles is 1. The fourth-order valence-corrected chi connectivity index (χ4v) is 13.3. The summed E-state index contributed by atoms with van der Waals surface area (Å²) in [7, 11) is 0. The molecule has 6 heterocycles. The third-order valence-electron chi connectivity index (χ3n) is 17.4. The number of rotatable bonds is 11. The zero-order valence-electron chi connectivity index (χ0n) is 49.1. The van der Waals surface area contributed by atoms with Crippen molar-refractivity contribution in [2.75, 3.05) is 0 Å². The molecule has 0 saturated heterocycles. The normalized spacial score (nSPS) is 11.6. The Hall–Kier alpha value is -12.3. The van der Waals surface area contributed by atoms with E-state index in [1.807, 2.05) is 150 Å². The number of alkyl halides is 3. The maximum Gasteiger partial charge on any atom is 0.417 e. The quantitative estimate of drug-likeness (QED) is 0.129. The molecule has 0 atom stereocenters. The molecule has 10 heteroatoms. The van der Waals surface area contributed by atoms with Crippen molar-refractivity contribution < 1.29 is 13.2 Å². The van der Waals surface area contributed by atoms with Crippen molar-refractivity contribution in [3.63, 3.8) is 0 Å². The molecule has 0 aliphatic heterocycles. The van der Waals surface area contributed by atoms with Crippen LogP contribution in [0.1, 0.15) is 11.1 Å². The van der Waals surface area contributed by atoms with Gasteiger partial charge in [-0.2, -0.15) is 18.4 Å². The molecule has 0 unspecified atom stereocenters. The maximum atomic E-state index is 16.6. The molecular weight excluding hydrogens is 1140 g/mol. The van der Waals surface area contributed by atoms with Gasteiger partial charge in [-0.25, -0.2) is 0 Å². The number of hydrogen-bond donors (Lipinski definition) is 0. The third kappa shape index (κ3) is 9.64. The second-order valence-corrected chi connectivity index (χ2v) is 22.7. The van der Waals surface area contributed by atoms with Crippen LogP contribution >= 0.6 is 0 Å². The van der Waals surface area contributed by atoms with Crippen LogP contribution in [0.2, 0.25) is 0 Å². The van der Waals surface area contributed by atoms with E-state index in [1.165, 1.54) is 12.1 Å². The minimum Gasteiger partial charge on any atom is -0.307 e. The van der Waals surface area contributed by atoms with Gasteiger partial charge in [-0.1, -0.05) is 182 Å². The summed E-state index contributed by atoms with van der Waals surface area (Å²) in [6.07, 6.45) is 2.32. The minimum atomic E-state index is -4.86. The number of aromatic nitrogens is 6. The van der Waals surface area contributed by atoms with Crippen molar-refractivity contribution in [1.82, 2.24) is 29.1 Å². The molecule has 0 aliphatic carbocycles. The first-order valence-electron chi connectivity index (χ1n) is 30.2. The third-order valence-corrected chi connectivity index (χ3v) is 17.4. The zero-order valence-corrected chi connectivity index (χ0v) is 49.1. The number of nitrogens with zero attached hydrogens (tertiary/aromatic N) is 7. The minimum absolute atomic E-state index is 0.0808. The Labute approximate surface area is 527 Å². The van der Waals surface area contributed by atoms with E-state index in [1.54, 1.807) is 49.1 Å². The van der Waals surface area contributed by atoms with Crippen molar-refractivity contribution in [2.24, 2.45) is 0 Å². The van der Waals surface area contributed by atoms with Crippen molar-refractivity contribution in [3.05, 3.63) is 315 Å². The molecule has 0 spiro atoms. The van der Waals surface area contributed by atoms with Gasteiger partial charge in [0, 0.05) is 90.8 Å². The Morgan fingerprint density at radius 3 is 0.902 bits per heavy atom. The molecule has 16 aromatic rings. The van der Waals surface area contributed by atoms with Crippen LogP contribution in [0, 0.1) is 11.3 Å². The molecule has 0 radical (unpaired) electrons. The molecule has 0 bridgehead atoms. The van der Waals surface area contributed by atoms with Crippen molar-refractivity contribution >= 4 is 43.6 Å². The van der Waals surface area contributed by atoms with E-state index in [4.69, 9.17) is 19.9 Å². The average molecular weight is 1190 g/mol. The van der Waals surface area contributed by atoms with Crippen molar-refractivity contribution in [2.45, 2.75) is 6.18 Å². The number of halogens is 3. The first-order valence-corrected chi connectivity index (χ1v) is 30.2. The number of benzene rings is 10. The summed E-state index contributed by atoms with van der Waals surface area (Å²) in [5, 5.41) is 13.6. The van der Waals surface area contributed by atoms with Crippen molar-refractivity contribution in [3.8, 4) is 118 Å². The Balaban J connectivity index is 1.02. The SMILES string of the molecule is N#Cc1cccc(-c2cc(-n3c4ccc(-c5cccnc5-c5ccccc5)cc4c4cc(-c5cccnc5-c5ccccc5)ccc43)c(-n3c4ccc(-c5cccnc5-c5ccccc5)cc4c4cc(-c5cccnc5-c5ccccc5)ccc43)cc2C(F)(F)F)c1. The van der Waals surface area contributed by atoms with Gasteiger partial charge in [0.15, 0.2) is 0 Å². The van der Waals surface area contributed by atoms with Gasteiger partial charge in [0.25, 0.3) is 0 Å². The Morgan fingerprint density at radius 2 is 0.587 bits per heavy atom. The van der Waals surface area contributed by atoms with Gasteiger partial charge in [0.2, 0.25) is 0 Å². The lowest BCUT2D eigenvalue weighted by molar-refractivity contribution is -0.137. The molecule has 0 fully saturated rings. The highest BCUT2D eigenvalue weighted by Crippen LogP contribution is 2.48. The summed E-state index contributed by atoms with van der Waals surface area (Å²) < 4.78 is 53.9. The predicted molar refractivity (Wildman–Crippen MR) is 365 cm³/mol. The lowest BCUT2D eigenvalue weighted by Crippen LogP contribution is -2.12. The highest BCUT2D eigenvalue weighted by atomic mass is 19.4. The highest BCUT2D eigenvalue weighted by molar-refractivity contribution is 6.15. The number of hydrogen-bond acceptors (Lipinski definition) is 5. The Morgan fingerprint density at radius 1 is 0.283 bits per heavy atom. The smallest absolute Gasteiger partial charge is 0.307 e. The molecule has 0 saturated carbocycles. The average Bonchev–Trinajstić information content (AvgIpc) is 1.55. The summed E-state index contributed by atoms with van der Waals surface area (Å²) in [6, 6.07) is 92.9.